The zero-order valence-electron chi connectivity index (χ0n) is 12.3. The zero-order valence-corrected chi connectivity index (χ0v) is 13.1. The number of rotatable bonds is 5. The first-order valence-corrected chi connectivity index (χ1v) is 8.18. The summed E-state index contributed by atoms with van der Waals surface area (Å²) in [5.41, 5.74) is 1.55. The Labute approximate surface area is 125 Å². The Hall–Kier alpha value is -2.08. The third kappa shape index (κ3) is 3.33. The highest BCUT2D eigenvalue weighted by molar-refractivity contribution is 7.92. The molecule has 1 aromatic carbocycles. The van der Waals surface area contributed by atoms with Gasteiger partial charge in [0, 0.05) is 13.2 Å². The van der Waals surface area contributed by atoms with E-state index < -0.39 is 10.0 Å². The highest BCUT2D eigenvalue weighted by Crippen LogP contribution is 2.27. The zero-order chi connectivity index (χ0) is 15.5. The summed E-state index contributed by atoms with van der Waals surface area (Å²) in [6.45, 7) is 4.05. The monoisotopic (exact) mass is 305 g/mol. The summed E-state index contributed by atoms with van der Waals surface area (Å²) < 4.78 is 27.8. The van der Waals surface area contributed by atoms with E-state index in [-0.39, 0.29) is 10.8 Å². The van der Waals surface area contributed by atoms with Crippen LogP contribution in [0.25, 0.3) is 0 Å². The van der Waals surface area contributed by atoms with Gasteiger partial charge in [0.1, 0.15) is 10.7 Å². The van der Waals surface area contributed by atoms with E-state index in [1.54, 1.807) is 25.4 Å². The molecule has 5 nitrogen and oxygen atoms in total. The molecule has 0 bridgehead atoms. The number of anilines is 2. The Morgan fingerprint density at radius 1 is 1.10 bits per heavy atom. The molecule has 2 N–H and O–H groups in total. The first-order chi connectivity index (χ1) is 9.95. The predicted octanol–water partition coefficient (Wildman–Crippen LogP) is 3.05. The smallest absolute Gasteiger partial charge is 0.265 e. The molecular weight excluding hydrogens is 286 g/mol. The molecule has 2 aromatic rings. The molecule has 112 valence electrons. The van der Waals surface area contributed by atoms with Crippen molar-refractivity contribution in [1.82, 2.24) is 4.98 Å². The number of sulfonamides is 1. The van der Waals surface area contributed by atoms with E-state index >= 15 is 0 Å². The average Bonchev–Trinajstić information content (AvgIpc) is 2.47. The van der Waals surface area contributed by atoms with Crippen molar-refractivity contribution in [3.63, 3.8) is 0 Å². The van der Waals surface area contributed by atoms with Crippen molar-refractivity contribution in [3.8, 4) is 0 Å². The first kappa shape index (κ1) is 15.3. The van der Waals surface area contributed by atoms with Crippen LogP contribution in [0, 0.1) is 0 Å². The molecule has 0 saturated carbocycles. The number of nitrogens with one attached hydrogen (secondary N) is 2. The quantitative estimate of drug-likeness (QED) is 0.890. The molecule has 0 radical (unpaired) electrons. The van der Waals surface area contributed by atoms with Gasteiger partial charge in [0.05, 0.1) is 5.69 Å². The van der Waals surface area contributed by atoms with Crippen molar-refractivity contribution in [3.05, 3.63) is 48.2 Å². The Morgan fingerprint density at radius 3 is 2.48 bits per heavy atom. The van der Waals surface area contributed by atoms with E-state index in [0.717, 1.165) is 5.56 Å². The number of hydrogen-bond donors (Lipinski definition) is 2. The van der Waals surface area contributed by atoms with Gasteiger partial charge in [-0.05, 0) is 29.7 Å². The van der Waals surface area contributed by atoms with Gasteiger partial charge >= 0.3 is 0 Å². The summed E-state index contributed by atoms with van der Waals surface area (Å²) in [6.07, 6.45) is 1.55. The standard InChI is InChI=1S/C15H19N3O2S/c1-11(2)12-7-4-5-8-13(12)18-21(19,20)14-9-6-10-17-15(14)16-3/h4-11,18H,1-3H3,(H,16,17). The van der Waals surface area contributed by atoms with E-state index in [1.807, 2.05) is 32.0 Å². The average molecular weight is 305 g/mol. The van der Waals surface area contributed by atoms with E-state index in [9.17, 15) is 8.42 Å². The normalized spacial score (nSPS) is 11.4. The van der Waals surface area contributed by atoms with Crippen molar-refractivity contribution in [1.29, 1.82) is 0 Å². The summed E-state index contributed by atoms with van der Waals surface area (Å²) in [7, 11) is -2.04. The Balaban J connectivity index is 2.43. The van der Waals surface area contributed by atoms with Gasteiger partial charge in [-0.25, -0.2) is 13.4 Å². The van der Waals surface area contributed by atoms with Crippen LogP contribution in [0.15, 0.2) is 47.5 Å². The van der Waals surface area contributed by atoms with Crippen molar-refractivity contribution in [2.45, 2.75) is 24.7 Å². The summed E-state index contributed by atoms with van der Waals surface area (Å²) in [5, 5.41) is 2.79. The summed E-state index contributed by atoms with van der Waals surface area (Å²) in [4.78, 5) is 4.16. The van der Waals surface area contributed by atoms with Crippen LogP contribution in [0.3, 0.4) is 0 Å². The third-order valence-corrected chi connectivity index (χ3v) is 4.52. The van der Waals surface area contributed by atoms with Gasteiger partial charge in [0.15, 0.2) is 0 Å². The van der Waals surface area contributed by atoms with Gasteiger partial charge in [-0.1, -0.05) is 32.0 Å². The Bertz CT molecular complexity index is 727. The number of benzene rings is 1. The number of nitrogens with zero attached hydrogens (tertiary/aromatic N) is 1. The minimum Gasteiger partial charge on any atom is -0.372 e. The highest BCUT2D eigenvalue weighted by atomic mass is 32.2. The SMILES string of the molecule is CNc1ncccc1S(=O)(=O)Nc1ccccc1C(C)C. The molecule has 0 aliphatic rings. The van der Waals surface area contributed by atoms with Crippen LogP contribution in [-0.2, 0) is 10.0 Å². The fraction of sp³-hybridized carbons (Fsp3) is 0.267. The van der Waals surface area contributed by atoms with Crippen LogP contribution >= 0.6 is 0 Å². The van der Waals surface area contributed by atoms with Gasteiger partial charge in [-0.3, -0.25) is 4.72 Å². The molecule has 0 saturated heterocycles. The lowest BCUT2D eigenvalue weighted by molar-refractivity contribution is 0.601. The van der Waals surface area contributed by atoms with Crippen LogP contribution in [0.1, 0.15) is 25.3 Å². The van der Waals surface area contributed by atoms with Crippen molar-refractivity contribution >= 4 is 21.5 Å². The Kier molecular flexibility index (Phi) is 4.47. The lowest BCUT2D eigenvalue weighted by atomic mass is 10.0. The molecule has 0 aliphatic heterocycles. The molecule has 0 spiro atoms. The molecular formula is C15H19N3O2S. The number of para-hydroxylation sites is 1. The maximum atomic E-state index is 12.6. The molecule has 0 aliphatic carbocycles. The topological polar surface area (TPSA) is 71.1 Å². The van der Waals surface area contributed by atoms with E-state index in [2.05, 4.69) is 15.0 Å². The lowest BCUT2D eigenvalue weighted by Gasteiger charge is -2.15. The maximum absolute atomic E-state index is 12.6. The fourth-order valence-electron chi connectivity index (χ4n) is 2.09. The van der Waals surface area contributed by atoms with Crippen LogP contribution in [0.4, 0.5) is 11.5 Å². The minimum atomic E-state index is -3.69. The lowest BCUT2D eigenvalue weighted by Crippen LogP contribution is -2.16. The largest absolute Gasteiger partial charge is 0.372 e. The summed E-state index contributed by atoms with van der Waals surface area (Å²) in [5.74, 6) is 0.550. The summed E-state index contributed by atoms with van der Waals surface area (Å²) in [6, 6.07) is 10.5. The minimum absolute atomic E-state index is 0.131. The molecule has 1 aromatic heterocycles. The molecule has 0 atom stereocenters. The second-order valence-corrected chi connectivity index (χ2v) is 6.60. The first-order valence-electron chi connectivity index (χ1n) is 6.70. The van der Waals surface area contributed by atoms with Crippen molar-refractivity contribution in [2.75, 3.05) is 17.1 Å². The second kappa shape index (κ2) is 6.13. The van der Waals surface area contributed by atoms with Crippen molar-refractivity contribution < 1.29 is 8.42 Å². The van der Waals surface area contributed by atoms with E-state index in [1.165, 1.54) is 6.07 Å². The maximum Gasteiger partial charge on any atom is 0.265 e. The van der Waals surface area contributed by atoms with Crippen LogP contribution < -0.4 is 10.0 Å². The summed E-state index contributed by atoms with van der Waals surface area (Å²) >= 11 is 0. The van der Waals surface area contributed by atoms with Crippen LogP contribution in [-0.4, -0.2) is 20.4 Å². The highest BCUT2D eigenvalue weighted by Gasteiger charge is 2.20. The fourth-order valence-corrected chi connectivity index (χ4v) is 3.34. The molecule has 21 heavy (non-hydrogen) atoms. The van der Waals surface area contributed by atoms with Crippen LogP contribution in [0.2, 0.25) is 0 Å². The molecule has 0 unspecified atom stereocenters. The van der Waals surface area contributed by atoms with Gasteiger partial charge in [-0.2, -0.15) is 0 Å². The van der Waals surface area contributed by atoms with Crippen LogP contribution in [0.5, 0.6) is 0 Å². The molecule has 0 amide bonds. The van der Waals surface area contributed by atoms with E-state index in [0.29, 0.717) is 11.5 Å². The molecule has 0 fully saturated rings. The molecule has 2 rings (SSSR count). The van der Waals surface area contributed by atoms with Gasteiger partial charge in [-0.15, -0.1) is 0 Å². The van der Waals surface area contributed by atoms with Gasteiger partial charge < -0.3 is 5.32 Å². The Morgan fingerprint density at radius 2 is 1.81 bits per heavy atom. The van der Waals surface area contributed by atoms with Gasteiger partial charge in [0.2, 0.25) is 0 Å². The third-order valence-electron chi connectivity index (χ3n) is 3.12. The van der Waals surface area contributed by atoms with Gasteiger partial charge in [0.25, 0.3) is 10.0 Å². The van der Waals surface area contributed by atoms with Crippen molar-refractivity contribution in [2.24, 2.45) is 0 Å². The number of aromatic nitrogens is 1. The predicted molar refractivity (Wildman–Crippen MR) is 85.1 cm³/mol. The number of pyridine rings is 1. The molecule has 6 heteroatoms. The second-order valence-electron chi connectivity index (χ2n) is 4.95. The van der Waals surface area contributed by atoms with E-state index in [4.69, 9.17) is 0 Å². The molecule has 1 heterocycles. The number of hydrogen-bond acceptors (Lipinski definition) is 4.